The molecule has 0 aliphatic carbocycles. The van der Waals surface area contributed by atoms with E-state index in [0.717, 1.165) is 25.4 Å². The van der Waals surface area contributed by atoms with Crippen LogP contribution in [0.25, 0.3) is 0 Å². The molecular formula is C12H26N2O. The van der Waals surface area contributed by atoms with Gasteiger partial charge in [0.1, 0.15) is 0 Å². The lowest BCUT2D eigenvalue weighted by molar-refractivity contribution is 0.0877. The second-order valence-electron chi connectivity index (χ2n) is 4.83. The molecule has 1 rings (SSSR count). The van der Waals surface area contributed by atoms with Gasteiger partial charge in [-0.15, -0.1) is 0 Å². The molecule has 1 saturated heterocycles. The number of piperazine rings is 1. The normalized spacial score (nSPS) is 26.8. The highest BCUT2D eigenvalue weighted by Crippen LogP contribution is 2.11. The highest BCUT2D eigenvalue weighted by molar-refractivity contribution is 4.78. The molecule has 2 unspecified atom stereocenters. The van der Waals surface area contributed by atoms with Gasteiger partial charge in [0.05, 0.1) is 6.10 Å². The summed E-state index contributed by atoms with van der Waals surface area (Å²) in [6, 6.07) is 0.727. The molecule has 0 spiro atoms. The van der Waals surface area contributed by atoms with Crippen LogP contribution in [-0.4, -0.2) is 60.3 Å². The van der Waals surface area contributed by atoms with Crippen molar-refractivity contribution in [2.24, 2.45) is 0 Å². The summed E-state index contributed by atoms with van der Waals surface area (Å²) in [6.07, 6.45) is 3.16. The van der Waals surface area contributed by atoms with Gasteiger partial charge in [0.2, 0.25) is 0 Å². The molecule has 90 valence electrons. The van der Waals surface area contributed by atoms with Crippen LogP contribution in [0.4, 0.5) is 0 Å². The van der Waals surface area contributed by atoms with Crippen LogP contribution < -0.4 is 0 Å². The van der Waals surface area contributed by atoms with Crippen LogP contribution in [0.5, 0.6) is 0 Å². The average Bonchev–Trinajstić information content (AvgIpc) is 2.20. The Morgan fingerprint density at radius 1 is 1.40 bits per heavy atom. The number of nitrogens with zero attached hydrogens (tertiary/aromatic N) is 2. The Morgan fingerprint density at radius 3 is 2.73 bits per heavy atom. The topological polar surface area (TPSA) is 26.7 Å². The summed E-state index contributed by atoms with van der Waals surface area (Å²) in [5.41, 5.74) is 0. The SMILES string of the molecule is CCC1CN(CCCC(C)O)CCN1C. The van der Waals surface area contributed by atoms with E-state index in [0.29, 0.717) is 0 Å². The maximum Gasteiger partial charge on any atom is 0.0512 e. The summed E-state index contributed by atoms with van der Waals surface area (Å²) in [6.45, 7) is 8.86. The third-order valence-electron chi connectivity index (χ3n) is 3.43. The first-order chi connectivity index (χ1) is 7.13. The summed E-state index contributed by atoms with van der Waals surface area (Å²) in [4.78, 5) is 5.00. The van der Waals surface area contributed by atoms with Crippen LogP contribution in [0.2, 0.25) is 0 Å². The van der Waals surface area contributed by atoms with Crippen molar-refractivity contribution in [3.63, 3.8) is 0 Å². The first-order valence-corrected chi connectivity index (χ1v) is 6.24. The second-order valence-corrected chi connectivity index (χ2v) is 4.83. The van der Waals surface area contributed by atoms with Crippen LogP contribution in [0.1, 0.15) is 33.1 Å². The lowest BCUT2D eigenvalue weighted by Crippen LogP contribution is -2.51. The Morgan fingerprint density at radius 2 is 2.13 bits per heavy atom. The van der Waals surface area contributed by atoms with Gasteiger partial charge >= 0.3 is 0 Å². The van der Waals surface area contributed by atoms with E-state index in [1.54, 1.807) is 0 Å². The molecule has 1 aliphatic rings. The van der Waals surface area contributed by atoms with Crippen molar-refractivity contribution >= 4 is 0 Å². The Kier molecular flexibility index (Phi) is 5.58. The highest BCUT2D eigenvalue weighted by Gasteiger charge is 2.22. The van der Waals surface area contributed by atoms with E-state index in [-0.39, 0.29) is 6.10 Å². The Hall–Kier alpha value is -0.120. The Balaban J connectivity index is 2.20. The minimum atomic E-state index is -0.139. The molecule has 0 bridgehead atoms. The first-order valence-electron chi connectivity index (χ1n) is 6.24. The van der Waals surface area contributed by atoms with Crippen molar-refractivity contribution in [3.8, 4) is 0 Å². The van der Waals surface area contributed by atoms with Crippen molar-refractivity contribution in [3.05, 3.63) is 0 Å². The van der Waals surface area contributed by atoms with Crippen LogP contribution in [0, 0.1) is 0 Å². The minimum absolute atomic E-state index is 0.139. The molecule has 1 aliphatic heterocycles. The summed E-state index contributed by atoms with van der Waals surface area (Å²) < 4.78 is 0. The van der Waals surface area contributed by atoms with Gasteiger partial charge < -0.3 is 14.9 Å². The van der Waals surface area contributed by atoms with E-state index in [4.69, 9.17) is 0 Å². The summed E-state index contributed by atoms with van der Waals surface area (Å²) in [5, 5.41) is 9.20. The van der Waals surface area contributed by atoms with Gasteiger partial charge in [0.25, 0.3) is 0 Å². The van der Waals surface area contributed by atoms with E-state index in [9.17, 15) is 5.11 Å². The fourth-order valence-electron chi connectivity index (χ4n) is 2.26. The molecule has 0 saturated carbocycles. The maximum absolute atomic E-state index is 9.20. The van der Waals surface area contributed by atoms with Gasteiger partial charge in [-0.1, -0.05) is 6.92 Å². The van der Waals surface area contributed by atoms with Gasteiger partial charge in [-0.05, 0) is 39.8 Å². The first kappa shape index (κ1) is 12.9. The van der Waals surface area contributed by atoms with Crippen molar-refractivity contribution in [1.82, 2.24) is 9.80 Å². The van der Waals surface area contributed by atoms with Crippen molar-refractivity contribution in [1.29, 1.82) is 0 Å². The molecular weight excluding hydrogens is 188 g/mol. The van der Waals surface area contributed by atoms with Crippen LogP contribution in [0.3, 0.4) is 0 Å². The van der Waals surface area contributed by atoms with Gasteiger partial charge in [-0.2, -0.15) is 0 Å². The number of hydrogen-bond acceptors (Lipinski definition) is 3. The summed E-state index contributed by atoms with van der Waals surface area (Å²) >= 11 is 0. The average molecular weight is 214 g/mol. The molecule has 2 atom stereocenters. The third-order valence-corrected chi connectivity index (χ3v) is 3.43. The molecule has 0 aromatic carbocycles. The quantitative estimate of drug-likeness (QED) is 0.744. The highest BCUT2D eigenvalue weighted by atomic mass is 16.3. The van der Waals surface area contributed by atoms with Gasteiger partial charge in [0, 0.05) is 25.7 Å². The third kappa shape index (κ3) is 4.49. The summed E-state index contributed by atoms with van der Waals surface area (Å²) in [5.74, 6) is 0. The molecule has 1 fully saturated rings. The molecule has 0 aromatic rings. The maximum atomic E-state index is 9.20. The minimum Gasteiger partial charge on any atom is -0.393 e. The molecule has 3 nitrogen and oxygen atoms in total. The van der Waals surface area contributed by atoms with E-state index in [1.165, 1.54) is 26.1 Å². The fraction of sp³-hybridized carbons (Fsp3) is 1.00. The lowest BCUT2D eigenvalue weighted by atomic mass is 10.1. The van der Waals surface area contributed by atoms with E-state index in [1.807, 2.05) is 6.92 Å². The van der Waals surface area contributed by atoms with Crippen LogP contribution in [0.15, 0.2) is 0 Å². The van der Waals surface area contributed by atoms with E-state index in [2.05, 4.69) is 23.8 Å². The Bertz CT molecular complexity index is 173. The predicted octanol–water partition coefficient (Wildman–Crippen LogP) is 1.17. The number of aliphatic hydroxyl groups excluding tert-OH is 1. The number of aliphatic hydroxyl groups is 1. The lowest BCUT2D eigenvalue weighted by Gasteiger charge is -2.39. The molecule has 0 radical (unpaired) electrons. The molecule has 1 N–H and O–H groups in total. The van der Waals surface area contributed by atoms with Gasteiger partial charge in [0.15, 0.2) is 0 Å². The fourth-order valence-corrected chi connectivity index (χ4v) is 2.26. The number of likely N-dealkylation sites (N-methyl/N-ethyl adjacent to an activating group) is 1. The van der Waals surface area contributed by atoms with Gasteiger partial charge in [-0.3, -0.25) is 0 Å². The molecule has 0 aromatic heterocycles. The van der Waals surface area contributed by atoms with Crippen molar-refractivity contribution in [2.45, 2.75) is 45.3 Å². The van der Waals surface area contributed by atoms with E-state index < -0.39 is 0 Å². The zero-order valence-electron chi connectivity index (χ0n) is 10.4. The zero-order valence-corrected chi connectivity index (χ0v) is 10.4. The smallest absolute Gasteiger partial charge is 0.0512 e. The number of rotatable bonds is 5. The van der Waals surface area contributed by atoms with Crippen LogP contribution in [-0.2, 0) is 0 Å². The Labute approximate surface area is 94.1 Å². The molecule has 1 heterocycles. The molecule has 3 heteroatoms. The molecule has 0 amide bonds. The van der Waals surface area contributed by atoms with Gasteiger partial charge in [-0.25, -0.2) is 0 Å². The predicted molar refractivity (Wildman–Crippen MR) is 64.1 cm³/mol. The zero-order chi connectivity index (χ0) is 11.3. The molecule has 15 heavy (non-hydrogen) atoms. The second kappa shape index (κ2) is 6.46. The largest absolute Gasteiger partial charge is 0.393 e. The van der Waals surface area contributed by atoms with Crippen molar-refractivity contribution < 1.29 is 5.11 Å². The number of hydrogen-bond donors (Lipinski definition) is 1. The van der Waals surface area contributed by atoms with E-state index >= 15 is 0 Å². The summed E-state index contributed by atoms with van der Waals surface area (Å²) in [7, 11) is 2.22. The monoisotopic (exact) mass is 214 g/mol. The van der Waals surface area contributed by atoms with Crippen LogP contribution >= 0.6 is 0 Å². The standard InChI is InChI=1S/C12H26N2O/c1-4-12-10-14(9-8-13(12)3)7-5-6-11(2)15/h11-12,15H,4-10H2,1-3H3. The van der Waals surface area contributed by atoms with Crippen molar-refractivity contribution in [2.75, 3.05) is 33.2 Å².